The topological polar surface area (TPSA) is 89.2 Å². The molecule has 168 valence electrons. The number of nitrogens with zero attached hydrogens (tertiary/aromatic N) is 1. The molecule has 7 nitrogen and oxygen atoms in total. The Morgan fingerprint density at radius 1 is 1.00 bits per heavy atom. The molecule has 0 saturated carbocycles. The molecule has 0 radical (unpaired) electrons. The van der Waals surface area contributed by atoms with Gasteiger partial charge in [-0.1, -0.05) is 0 Å². The van der Waals surface area contributed by atoms with Crippen molar-refractivity contribution in [1.29, 1.82) is 0 Å². The van der Waals surface area contributed by atoms with Crippen LogP contribution in [0.2, 0.25) is 0 Å². The van der Waals surface area contributed by atoms with Gasteiger partial charge < -0.3 is 19.0 Å². The Labute approximate surface area is 184 Å². The number of alkyl halides is 3. The lowest BCUT2D eigenvalue weighted by atomic mass is 9.99. The molecular weight excluding hydrogens is 443 g/mol. The van der Waals surface area contributed by atoms with Gasteiger partial charge in [0.15, 0.2) is 11.5 Å². The summed E-state index contributed by atoms with van der Waals surface area (Å²) in [7, 11) is 0. The van der Waals surface area contributed by atoms with Gasteiger partial charge in [-0.15, -0.1) is 0 Å². The molecule has 1 amide bonds. The average molecular weight is 457 g/mol. The minimum absolute atomic E-state index is 0.00422. The van der Waals surface area contributed by atoms with Gasteiger partial charge in [-0.25, -0.2) is 0 Å². The number of rotatable bonds is 3. The van der Waals surface area contributed by atoms with Gasteiger partial charge in [0, 0.05) is 11.3 Å². The second kappa shape index (κ2) is 7.44. The van der Waals surface area contributed by atoms with Gasteiger partial charge in [0.05, 0.1) is 17.4 Å². The van der Waals surface area contributed by atoms with Gasteiger partial charge in [-0.3, -0.25) is 14.5 Å². The maximum Gasteiger partial charge on any atom is 0.416 e. The molecule has 3 aromatic rings. The number of furan rings is 1. The van der Waals surface area contributed by atoms with Crippen molar-refractivity contribution in [3.63, 3.8) is 0 Å². The van der Waals surface area contributed by atoms with E-state index in [0.29, 0.717) is 11.5 Å². The standard InChI is InChI=1S/C23H14F3NO6/c24-23(25,26)13-4-6-14(7-5-13)27-19(16-2-1-9-31-16)18(21(29)22(27)30)20(28)12-3-8-15-17(10-12)33-11-32-15/h1-10,19,28H,11H2/b20-18-. The number of amides is 1. The first kappa shape index (κ1) is 20.7. The molecule has 0 spiro atoms. The zero-order valence-electron chi connectivity index (χ0n) is 16.6. The number of hydrogen-bond acceptors (Lipinski definition) is 6. The third kappa shape index (κ3) is 3.39. The summed E-state index contributed by atoms with van der Waals surface area (Å²) >= 11 is 0. The molecule has 1 aromatic heterocycles. The Morgan fingerprint density at radius 3 is 2.39 bits per heavy atom. The van der Waals surface area contributed by atoms with Crippen LogP contribution in [0.3, 0.4) is 0 Å². The summed E-state index contributed by atoms with van der Waals surface area (Å²) in [6.07, 6.45) is -3.24. The number of ketones is 1. The third-order valence-corrected chi connectivity index (χ3v) is 5.38. The van der Waals surface area contributed by atoms with Crippen LogP contribution in [-0.2, 0) is 15.8 Å². The molecule has 0 aliphatic carbocycles. The summed E-state index contributed by atoms with van der Waals surface area (Å²) in [4.78, 5) is 26.9. The summed E-state index contributed by atoms with van der Waals surface area (Å²) in [5, 5.41) is 11.0. The Hall–Kier alpha value is -4.21. The summed E-state index contributed by atoms with van der Waals surface area (Å²) in [6.45, 7) is 0.00422. The molecule has 3 heterocycles. The van der Waals surface area contributed by atoms with Crippen molar-refractivity contribution in [3.05, 3.63) is 83.3 Å². The summed E-state index contributed by atoms with van der Waals surface area (Å²) in [6, 6.07) is 10.1. The predicted octanol–water partition coefficient (Wildman–Crippen LogP) is 4.65. The van der Waals surface area contributed by atoms with E-state index in [9.17, 15) is 27.9 Å². The molecule has 33 heavy (non-hydrogen) atoms. The van der Waals surface area contributed by atoms with Crippen LogP contribution < -0.4 is 14.4 Å². The predicted molar refractivity (Wildman–Crippen MR) is 107 cm³/mol. The average Bonchev–Trinajstić information content (AvgIpc) is 3.53. The van der Waals surface area contributed by atoms with Gasteiger partial charge in [0.2, 0.25) is 6.79 Å². The number of fused-ring (bicyclic) bond motifs is 1. The lowest BCUT2D eigenvalue weighted by molar-refractivity contribution is -0.137. The molecule has 1 saturated heterocycles. The maximum atomic E-state index is 13.0. The number of aliphatic hydroxyl groups excluding tert-OH is 1. The summed E-state index contributed by atoms with van der Waals surface area (Å²) < 4.78 is 54.9. The molecule has 2 aliphatic rings. The van der Waals surface area contributed by atoms with Crippen LogP contribution in [0, 0.1) is 0 Å². The van der Waals surface area contributed by atoms with Crippen LogP contribution >= 0.6 is 0 Å². The van der Waals surface area contributed by atoms with Crippen LogP contribution in [0.25, 0.3) is 5.76 Å². The number of benzene rings is 2. The van der Waals surface area contributed by atoms with Crippen molar-refractivity contribution in [1.82, 2.24) is 0 Å². The number of Topliss-reactive ketones (excluding diaryl/α,β-unsaturated/α-hetero) is 1. The Kier molecular flexibility index (Phi) is 4.66. The molecule has 1 atom stereocenters. The Bertz CT molecular complexity index is 1280. The SMILES string of the molecule is O=C1C(=O)N(c2ccc(C(F)(F)F)cc2)C(c2ccco2)/C1=C(/O)c1ccc2c(c1)OCO2. The van der Waals surface area contributed by atoms with Crippen LogP contribution in [0.4, 0.5) is 18.9 Å². The lowest BCUT2D eigenvalue weighted by Crippen LogP contribution is -2.29. The van der Waals surface area contributed by atoms with E-state index in [1.807, 2.05) is 0 Å². The van der Waals surface area contributed by atoms with E-state index < -0.39 is 35.2 Å². The molecule has 10 heteroatoms. The highest BCUT2D eigenvalue weighted by Crippen LogP contribution is 2.44. The van der Waals surface area contributed by atoms with Gasteiger partial charge in [0.1, 0.15) is 17.6 Å². The zero-order chi connectivity index (χ0) is 23.3. The second-order valence-corrected chi connectivity index (χ2v) is 7.30. The van der Waals surface area contributed by atoms with Crippen LogP contribution in [0.1, 0.15) is 22.9 Å². The zero-order valence-corrected chi connectivity index (χ0v) is 16.6. The molecular formula is C23H14F3NO6. The van der Waals surface area contributed by atoms with Gasteiger partial charge in [0.25, 0.3) is 11.7 Å². The molecule has 1 unspecified atom stereocenters. The highest BCUT2D eigenvalue weighted by molar-refractivity contribution is 6.51. The molecule has 2 aromatic carbocycles. The highest BCUT2D eigenvalue weighted by Gasteiger charge is 2.48. The third-order valence-electron chi connectivity index (χ3n) is 5.38. The van der Waals surface area contributed by atoms with Gasteiger partial charge >= 0.3 is 6.18 Å². The lowest BCUT2D eigenvalue weighted by Gasteiger charge is -2.23. The number of anilines is 1. The number of aliphatic hydroxyl groups is 1. The first-order chi connectivity index (χ1) is 15.8. The van der Waals surface area contributed by atoms with E-state index in [2.05, 4.69) is 0 Å². The van der Waals surface area contributed by atoms with Crippen molar-refractivity contribution in [3.8, 4) is 11.5 Å². The largest absolute Gasteiger partial charge is 0.507 e. The van der Waals surface area contributed by atoms with E-state index >= 15 is 0 Å². The molecule has 1 fully saturated rings. The van der Waals surface area contributed by atoms with E-state index in [0.717, 1.165) is 29.2 Å². The minimum Gasteiger partial charge on any atom is -0.507 e. The second-order valence-electron chi connectivity index (χ2n) is 7.30. The normalized spacial score (nSPS) is 19.4. The number of ether oxygens (including phenoxy) is 2. The van der Waals surface area contributed by atoms with Crippen LogP contribution in [0.5, 0.6) is 11.5 Å². The number of carbonyl (C=O) groups is 2. The summed E-state index contributed by atoms with van der Waals surface area (Å²) in [5.41, 5.74) is -0.941. The molecule has 0 bridgehead atoms. The molecule has 1 N–H and O–H groups in total. The summed E-state index contributed by atoms with van der Waals surface area (Å²) in [5.74, 6) is -1.55. The van der Waals surface area contributed by atoms with E-state index in [1.165, 1.54) is 30.5 Å². The van der Waals surface area contributed by atoms with Crippen molar-refractivity contribution >= 4 is 23.1 Å². The molecule has 2 aliphatic heterocycles. The van der Waals surface area contributed by atoms with E-state index in [-0.39, 0.29) is 29.4 Å². The fraction of sp³-hybridized carbons (Fsp3) is 0.130. The first-order valence-corrected chi connectivity index (χ1v) is 9.67. The van der Waals surface area contributed by atoms with Crippen molar-refractivity contribution < 1.29 is 41.8 Å². The fourth-order valence-corrected chi connectivity index (χ4v) is 3.83. The highest BCUT2D eigenvalue weighted by atomic mass is 19.4. The van der Waals surface area contributed by atoms with Crippen molar-refractivity contribution in [2.75, 3.05) is 11.7 Å². The monoisotopic (exact) mass is 457 g/mol. The maximum absolute atomic E-state index is 13.0. The molecule has 5 rings (SSSR count). The first-order valence-electron chi connectivity index (χ1n) is 9.67. The minimum atomic E-state index is -4.56. The Balaban J connectivity index is 1.64. The number of carbonyl (C=O) groups excluding carboxylic acids is 2. The fourth-order valence-electron chi connectivity index (χ4n) is 3.83. The van der Waals surface area contributed by atoms with Crippen molar-refractivity contribution in [2.45, 2.75) is 12.2 Å². The number of halogens is 3. The Morgan fingerprint density at radius 2 is 1.73 bits per heavy atom. The van der Waals surface area contributed by atoms with Crippen LogP contribution in [0.15, 0.2) is 70.9 Å². The van der Waals surface area contributed by atoms with E-state index in [4.69, 9.17) is 13.9 Å². The van der Waals surface area contributed by atoms with Crippen molar-refractivity contribution in [2.24, 2.45) is 0 Å². The smallest absolute Gasteiger partial charge is 0.416 e. The van der Waals surface area contributed by atoms with Gasteiger partial charge in [-0.2, -0.15) is 13.2 Å². The van der Waals surface area contributed by atoms with Crippen LogP contribution in [-0.4, -0.2) is 23.6 Å². The quantitative estimate of drug-likeness (QED) is 0.350. The van der Waals surface area contributed by atoms with E-state index in [1.54, 1.807) is 6.07 Å². The van der Waals surface area contributed by atoms with Gasteiger partial charge in [-0.05, 0) is 54.6 Å². The number of hydrogen-bond donors (Lipinski definition) is 1.